The Kier molecular flexibility index (Phi) is 8.51. The Morgan fingerprint density at radius 3 is 2.76 bits per heavy atom. The molecule has 1 unspecified atom stereocenters. The molecule has 0 aliphatic carbocycles. The van der Waals surface area contributed by atoms with Gasteiger partial charge in [0.25, 0.3) is 0 Å². The maximum atomic E-state index is 11.3. The summed E-state index contributed by atoms with van der Waals surface area (Å²) in [5.41, 5.74) is 9.41. The molecule has 1 aromatic carbocycles. The molecule has 2 rings (SSSR count). The summed E-state index contributed by atoms with van der Waals surface area (Å²) < 4.78 is 5.50. The Morgan fingerprint density at radius 1 is 1.38 bits per heavy atom. The molecule has 4 N–H and O–H groups in total. The first kappa shape index (κ1) is 22.7. The lowest BCUT2D eigenvalue weighted by Gasteiger charge is -2.21. The number of carboxylic acid groups (broad SMARTS) is 1. The van der Waals surface area contributed by atoms with E-state index < -0.39 is 5.97 Å². The average Bonchev–Trinajstić information content (AvgIpc) is 2.68. The molecular formula is C21H29ClN4O3. The molecule has 0 amide bonds. The number of methoxy groups -OCH3 is 1. The van der Waals surface area contributed by atoms with Gasteiger partial charge in [-0.1, -0.05) is 31.9 Å². The number of aliphatic carboxylic acids is 1. The van der Waals surface area contributed by atoms with Gasteiger partial charge in [-0.2, -0.15) is 4.98 Å². The van der Waals surface area contributed by atoms with Crippen molar-refractivity contribution in [3.63, 3.8) is 0 Å². The van der Waals surface area contributed by atoms with Crippen LogP contribution in [0.15, 0.2) is 18.2 Å². The van der Waals surface area contributed by atoms with E-state index in [1.807, 2.05) is 25.1 Å². The van der Waals surface area contributed by atoms with Gasteiger partial charge in [-0.25, -0.2) is 4.98 Å². The molecule has 2 aromatic rings. The Labute approximate surface area is 176 Å². The van der Waals surface area contributed by atoms with Crippen LogP contribution in [-0.2, 0) is 17.1 Å². The number of rotatable bonds is 11. The van der Waals surface area contributed by atoms with Crippen molar-refractivity contribution in [1.82, 2.24) is 9.97 Å². The number of aromatic nitrogens is 2. The number of nitrogen functional groups attached to an aromatic ring is 1. The van der Waals surface area contributed by atoms with E-state index in [1.165, 1.54) is 0 Å². The van der Waals surface area contributed by atoms with Crippen LogP contribution in [0.1, 0.15) is 55.0 Å². The molecule has 0 radical (unpaired) electrons. The van der Waals surface area contributed by atoms with Crippen LogP contribution in [0.2, 0.25) is 0 Å². The van der Waals surface area contributed by atoms with E-state index in [0.717, 1.165) is 47.4 Å². The number of hydrogen-bond donors (Lipinski definition) is 3. The number of nitrogens with one attached hydrogen (secondary N) is 1. The highest BCUT2D eigenvalue weighted by Gasteiger charge is 2.19. The van der Waals surface area contributed by atoms with Gasteiger partial charge >= 0.3 is 5.97 Å². The molecule has 0 saturated heterocycles. The number of alkyl halides is 1. The second kappa shape index (κ2) is 10.9. The molecule has 0 spiro atoms. The summed E-state index contributed by atoms with van der Waals surface area (Å²) in [5, 5.41) is 12.6. The number of carbonyl (C=O) groups is 1. The molecule has 0 bridgehead atoms. The van der Waals surface area contributed by atoms with Gasteiger partial charge in [-0.15, -0.1) is 11.6 Å². The Morgan fingerprint density at radius 2 is 2.14 bits per heavy atom. The molecule has 0 fully saturated rings. The predicted octanol–water partition coefficient (Wildman–Crippen LogP) is 4.15. The number of hydrogen-bond acceptors (Lipinski definition) is 6. The maximum Gasteiger partial charge on any atom is 0.305 e. The summed E-state index contributed by atoms with van der Waals surface area (Å²) in [6.07, 6.45) is 3.16. The summed E-state index contributed by atoms with van der Waals surface area (Å²) in [6, 6.07) is 5.57. The number of nitrogens with zero attached hydrogens (tertiary/aromatic N) is 2. The topological polar surface area (TPSA) is 110 Å². The van der Waals surface area contributed by atoms with Crippen molar-refractivity contribution in [2.24, 2.45) is 0 Å². The molecule has 1 heterocycles. The second-order valence-electron chi connectivity index (χ2n) is 7.03. The number of aryl methyl sites for hydroxylation is 1. The highest BCUT2D eigenvalue weighted by molar-refractivity contribution is 6.17. The highest BCUT2D eigenvalue weighted by Crippen LogP contribution is 2.28. The fourth-order valence-corrected chi connectivity index (χ4v) is 3.44. The lowest BCUT2D eigenvalue weighted by molar-refractivity contribution is -0.137. The molecule has 1 atom stereocenters. The zero-order valence-corrected chi connectivity index (χ0v) is 17.9. The lowest BCUT2D eigenvalue weighted by Crippen LogP contribution is -2.25. The van der Waals surface area contributed by atoms with E-state index in [0.29, 0.717) is 18.1 Å². The number of halogens is 1. The monoisotopic (exact) mass is 420 g/mol. The van der Waals surface area contributed by atoms with Crippen molar-refractivity contribution in [1.29, 1.82) is 0 Å². The quantitative estimate of drug-likeness (QED) is 0.468. The number of carboxylic acids is 1. The van der Waals surface area contributed by atoms with Crippen molar-refractivity contribution in [3.8, 4) is 5.75 Å². The van der Waals surface area contributed by atoms with Crippen LogP contribution in [0.3, 0.4) is 0 Å². The summed E-state index contributed by atoms with van der Waals surface area (Å²) in [6.45, 7) is 3.95. The highest BCUT2D eigenvalue weighted by atomic mass is 35.5. The van der Waals surface area contributed by atoms with Gasteiger partial charge in [-0.3, -0.25) is 4.79 Å². The second-order valence-corrected chi connectivity index (χ2v) is 7.30. The van der Waals surface area contributed by atoms with Crippen LogP contribution in [0.4, 0.5) is 11.8 Å². The summed E-state index contributed by atoms with van der Waals surface area (Å²) in [7, 11) is 1.62. The van der Waals surface area contributed by atoms with Crippen LogP contribution in [-0.4, -0.2) is 34.2 Å². The summed E-state index contributed by atoms with van der Waals surface area (Å²) in [5.74, 6) is 1.01. The zero-order chi connectivity index (χ0) is 21.4. The van der Waals surface area contributed by atoms with E-state index >= 15 is 0 Å². The molecule has 0 aliphatic rings. The number of nitrogens with two attached hydrogens (primary N) is 1. The van der Waals surface area contributed by atoms with Gasteiger partial charge in [-0.05, 0) is 30.5 Å². The molecular weight excluding hydrogens is 392 g/mol. The molecule has 158 valence electrons. The molecule has 8 heteroatoms. The first-order chi connectivity index (χ1) is 13.9. The SMILES string of the molecule is CCCCC(CC(=O)O)Nc1nc(N)nc(C)c1Cc1cc(CCl)ccc1OC. The van der Waals surface area contributed by atoms with Gasteiger partial charge in [0.1, 0.15) is 11.6 Å². The lowest BCUT2D eigenvalue weighted by atomic mass is 10.00. The van der Waals surface area contributed by atoms with Crippen LogP contribution in [0.25, 0.3) is 0 Å². The van der Waals surface area contributed by atoms with E-state index in [-0.39, 0.29) is 18.4 Å². The van der Waals surface area contributed by atoms with Gasteiger partial charge in [0, 0.05) is 29.6 Å². The van der Waals surface area contributed by atoms with Crippen LogP contribution >= 0.6 is 11.6 Å². The van der Waals surface area contributed by atoms with Crippen LogP contribution in [0.5, 0.6) is 5.75 Å². The minimum Gasteiger partial charge on any atom is -0.496 e. The Hall–Kier alpha value is -2.54. The normalized spacial score (nSPS) is 11.9. The Balaban J connectivity index is 2.41. The van der Waals surface area contributed by atoms with Crippen LogP contribution in [0, 0.1) is 6.92 Å². The smallest absolute Gasteiger partial charge is 0.305 e. The fraction of sp³-hybridized carbons (Fsp3) is 0.476. The van der Waals surface area contributed by atoms with Crippen molar-refractivity contribution >= 4 is 29.3 Å². The third-order valence-electron chi connectivity index (χ3n) is 4.77. The van der Waals surface area contributed by atoms with Crippen LogP contribution < -0.4 is 15.8 Å². The van der Waals surface area contributed by atoms with E-state index in [1.54, 1.807) is 7.11 Å². The summed E-state index contributed by atoms with van der Waals surface area (Å²) in [4.78, 5) is 20.0. The van der Waals surface area contributed by atoms with Crippen molar-refractivity contribution in [3.05, 3.63) is 40.6 Å². The Bertz CT molecular complexity index is 845. The average molecular weight is 421 g/mol. The zero-order valence-electron chi connectivity index (χ0n) is 17.2. The molecule has 0 saturated carbocycles. The minimum atomic E-state index is -0.851. The molecule has 29 heavy (non-hydrogen) atoms. The molecule has 7 nitrogen and oxygen atoms in total. The third-order valence-corrected chi connectivity index (χ3v) is 5.07. The standard InChI is InChI=1S/C21H29ClN4O3/c1-4-5-6-16(11-19(27)28)25-20-17(13(2)24-21(23)26-20)10-15-9-14(12-22)7-8-18(15)29-3/h7-9,16H,4-6,10-12H2,1-3H3,(H,27,28)(H3,23,24,25,26). The van der Waals surface area contributed by atoms with Crippen molar-refractivity contribution < 1.29 is 14.6 Å². The fourth-order valence-electron chi connectivity index (χ4n) is 3.27. The van der Waals surface area contributed by atoms with Gasteiger partial charge < -0.3 is 20.9 Å². The number of anilines is 2. The van der Waals surface area contributed by atoms with Crippen molar-refractivity contribution in [2.75, 3.05) is 18.2 Å². The predicted molar refractivity (Wildman–Crippen MR) is 116 cm³/mol. The minimum absolute atomic E-state index is 0.00739. The first-order valence-electron chi connectivity index (χ1n) is 9.70. The first-order valence-corrected chi connectivity index (χ1v) is 10.2. The van der Waals surface area contributed by atoms with Gasteiger partial charge in [0.05, 0.1) is 13.5 Å². The summed E-state index contributed by atoms with van der Waals surface area (Å²) >= 11 is 6.00. The molecule has 0 aliphatic heterocycles. The maximum absolute atomic E-state index is 11.3. The van der Waals surface area contributed by atoms with E-state index in [4.69, 9.17) is 22.1 Å². The van der Waals surface area contributed by atoms with E-state index in [2.05, 4.69) is 22.2 Å². The van der Waals surface area contributed by atoms with E-state index in [9.17, 15) is 9.90 Å². The number of ether oxygens (including phenoxy) is 1. The number of unbranched alkanes of at least 4 members (excludes halogenated alkanes) is 1. The number of benzene rings is 1. The van der Waals surface area contributed by atoms with Crippen molar-refractivity contribution in [2.45, 2.75) is 57.9 Å². The third kappa shape index (κ3) is 6.49. The van der Waals surface area contributed by atoms with Gasteiger partial charge in [0.2, 0.25) is 5.95 Å². The van der Waals surface area contributed by atoms with Gasteiger partial charge in [0.15, 0.2) is 0 Å². The largest absolute Gasteiger partial charge is 0.496 e. The molecule has 1 aromatic heterocycles.